The highest BCUT2D eigenvalue weighted by molar-refractivity contribution is 7.91. The van der Waals surface area contributed by atoms with Gasteiger partial charge in [0.15, 0.2) is 5.78 Å². The molecule has 3 fully saturated rings. The highest BCUT2D eigenvalue weighted by Gasteiger charge is 2.62. The molecule has 1 saturated heterocycles. The third kappa shape index (κ3) is 7.94. The summed E-state index contributed by atoms with van der Waals surface area (Å²) in [7, 11) is -3.91. The summed E-state index contributed by atoms with van der Waals surface area (Å²) in [5, 5.41) is 5.24. The van der Waals surface area contributed by atoms with Crippen LogP contribution < -0.4 is 14.8 Å². The Bertz CT molecular complexity index is 1950. The lowest BCUT2D eigenvalue weighted by Crippen LogP contribution is -2.49. The number of ether oxygens (including phenoxy) is 1. The predicted octanol–water partition coefficient (Wildman–Crippen LogP) is 6.66. The number of hydrogen-bond donors (Lipinski definition) is 2. The number of unbranched alkanes of at least 4 members (excludes halogenated alkanes) is 3. The van der Waals surface area contributed by atoms with E-state index in [0.29, 0.717) is 31.6 Å². The number of benzene rings is 2. The van der Waals surface area contributed by atoms with E-state index in [0.717, 1.165) is 47.7 Å². The zero-order valence-corrected chi connectivity index (χ0v) is 31.0. The summed E-state index contributed by atoms with van der Waals surface area (Å²) >= 11 is 0. The molecule has 2 saturated carbocycles. The van der Waals surface area contributed by atoms with E-state index in [-0.39, 0.29) is 37.0 Å². The van der Waals surface area contributed by atoms with Gasteiger partial charge in [-0.05, 0) is 93.5 Å². The average Bonchev–Trinajstić information content (AvgIpc) is 4.01. The number of carbonyl (C=O) groups excluding carboxylic acids is 3. The fourth-order valence-corrected chi connectivity index (χ4v) is 8.72. The van der Waals surface area contributed by atoms with Gasteiger partial charge in [-0.2, -0.15) is 0 Å². The summed E-state index contributed by atoms with van der Waals surface area (Å²) in [5.74, 6) is -1.15. The van der Waals surface area contributed by atoms with Crippen LogP contribution in [-0.4, -0.2) is 65.4 Å². The summed E-state index contributed by atoms with van der Waals surface area (Å²) in [4.78, 5) is 48.9. The standard InChI is InChI=1S/C41H50N4O6S/c1-5-7-8-9-10-18-34(43-31-16-13-14-28(3)23-31)38(47)45-27-32(51-37-33-17-12-11-15-29(33)19-22-42-37)24-35(45)36(46)26-41(25-30(41)6-2)39(48)44-52(49,50)40(4)20-21-40/h5-6,11-17,19,22-23,30,32,34-35,43H,1-2,7-10,18,20-21,24-27H2,3-4H3,(H,44,48)/t30-,32-,34+,35+,41-/m1/s1. The minimum Gasteiger partial charge on any atom is -0.472 e. The molecule has 0 spiro atoms. The Kier molecular flexibility index (Phi) is 10.9. The second-order valence-corrected chi connectivity index (χ2v) is 17.2. The number of carbonyl (C=O) groups is 3. The van der Waals surface area contributed by atoms with Gasteiger partial charge in [-0.1, -0.05) is 55.3 Å². The topological polar surface area (TPSA) is 135 Å². The second-order valence-electron chi connectivity index (χ2n) is 15.0. The molecule has 11 heteroatoms. The van der Waals surface area contributed by atoms with Crippen molar-refractivity contribution in [3.63, 3.8) is 0 Å². The van der Waals surface area contributed by atoms with Gasteiger partial charge in [-0.15, -0.1) is 13.2 Å². The Hall–Kier alpha value is -4.51. The minimum absolute atomic E-state index is 0.152. The number of anilines is 1. The maximum Gasteiger partial charge on any atom is 0.245 e. The number of nitrogens with one attached hydrogen (secondary N) is 2. The number of pyridine rings is 1. The smallest absolute Gasteiger partial charge is 0.245 e. The van der Waals surface area contributed by atoms with E-state index in [4.69, 9.17) is 4.74 Å². The van der Waals surface area contributed by atoms with E-state index >= 15 is 0 Å². The van der Waals surface area contributed by atoms with Crippen LogP contribution in [0.4, 0.5) is 5.69 Å². The lowest BCUT2D eigenvalue weighted by Gasteiger charge is -2.30. The molecule has 52 heavy (non-hydrogen) atoms. The molecule has 1 aromatic heterocycles. The monoisotopic (exact) mass is 726 g/mol. The van der Waals surface area contributed by atoms with Gasteiger partial charge < -0.3 is 15.0 Å². The molecule has 0 radical (unpaired) electrons. The minimum atomic E-state index is -3.91. The Morgan fingerprint density at radius 1 is 1.08 bits per heavy atom. The lowest BCUT2D eigenvalue weighted by molar-refractivity contribution is -0.139. The summed E-state index contributed by atoms with van der Waals surface area (Å²) < 4.78 is 33.9. The number of fused-ring (bicyclic) bond motifs is 1. The summed E-state index contributed by atoms with van der Waals surface area (Å²) in [5.41, 5.74) is 0.619. The molecule has 3 aromatic rings. The number of aromatic nitrogens is 1. The lowest BCUT2D eigenvalue weighted by atomic mass is 9.91. The Balaban J connectivity index is 1.27. The number of likely N-dealkylation sites (tertiary alicyclic amines) is 1. The van der Waals surface area contributed by atoms with Crippen LogP contribution in [0.25, 0.3) is 10.8 Å². The number of aryl methyl sites for hydroxylation is 1. The fourth-order valence-electron chi connectivity index (χ4n) is 7.39. The van der Waals surface area contributed by atoms with Crippen molar-refractivity contribution in [1.29, 1.82) is 0 Å². The quantitative estimate of drug-likeness (QED) is 0.110. The number of rotatable bonds is 18. The van der Waals surface area contributed by atoms with E-state index in [1.54, 1.807) is 24.1 Å². The van der Waals surface area contributed by atoms with Crippen molar-refractivity contribution >= 4 is 44.1 Å². The molecule has 276 valence electrons. The molecule has 3 aliphatic rings. The molecule has 1 aliphatic heterocycles. The first-order chi connectivity index (χ1) is 24.9. The van der Waals surface area contributed by atoms with E-state index in [2.05, 4.69) is 28.2 Å². The first-order valence-corrected chi connectivity index (χ1v) is 19.8. The number of sulfonamides is 1. The molecule has 2 heterocycles. The summed E-state index contributed by atoms with van der Waals surface area (Å²) in [6.07, 6.45) is 10.0. The van der Waals surface area contributed by atoms with Gasteiger partial charge in [0.1, 0.15) is 12.1 Å². The highest BCUT2D eigenvalue weighted by Crippen LogP contribution is 2.57. The first-order valence-electron chi connectivity index (χ1n) is 18.4. The number of hydrogen-bond acceptors (Lipinski definition) is 8. The van der Waals surface area contributed by atoms with Crippen molar-refractivity contribution in [2.24, 2.45) is 11.3 Å². The van der Waals surface area contributed by atoms with E-state index in [1.807, 2.05) is 67.6 Å². The van der Waals surface area contributed by atoms with Gasteiger partial charge >= 0.3 is 0 Å². The Morgan fingerprint density at radius 3 is 2.58 bits per heavy atom. The maximum absolute atomic E-state index is 14.7. The van der Waals surface area contributed by atoms with E-state index < -0.39 is 44.3 Å². The molecule has 2 aromatic carbocycles. The largest absolute Gasteiger partial charge is 0.472 e. The van der Waals surface area contributed by atoms with Gasteiger partial charge in [0.25, 0.3) is 0 Å². The van der Waals surface area contributed by atoms with Crippen molar-refractivity contribution in [1.82, 2.24) is 14.6 Å². The number of ketones is 1. The Morgan fingerprint density at radius 2 is 1.87 bits per heavy atom. The van der Waals surface area contributed by atoms with Gasteiger partial charge in [0.05, 0.1) is 22.7 Å². The molecule has 6 rings (SSSR count). The third-order valence-corrected chi connectivity index (χ3v) is 13.2. The van der Waals surface area contributed by atoms with Crippen molar-refractivity contribution in [2.45, 2.75) is 101 Å². The van der Waals surface area contributed by atoms with Gasteiger partial charge in [-0.3, -0.25) is 19.1 Å². The van der Waals surface area contributed by atoms with Crippen LogP contribution in [0.15, 0.2) is 86.1 Å². The molecule has 10 nitrogen and oxygen atoms in total. The summed E-state index contributed by atoms with van der Waals surface area (Å²) in [6.45, 7) is 11.4. The van der Waals surface area contributed by atoms with Crippen LogP contribution >= 0.6 is 0 Å². The molecule has 0 unspecified atom stereocenters. The predicted molar refractivity (Wildman–Crippen MR) is 203 cm³/mol. The zero-order chi connectivity index (χ0) is 37.1. The number of amides is 2. The van der Waals surface area contributed by atoms with Gasteiger partial charge in [-0.25, -0.2) is 13.4 Å². The highest BCUT2D eigenvalue weighted by atomic mass is 32.2. The van der Waals surface area contributed by atoms with E-state index in [9.17, 15) is 22.8 Å². The normalized spacial score (nSPS) is 23.7. The molecule has 0 bridgehead atoms. The summed E-state index contributed by atoms with van der Waals surface area (Å²) in [6, 6.07) is 16.0. The van der Waals surface area contributed by atoms with Crippen LogP contribution in [0.2, 0.25) is 0 Å². The molecule has 5 atom stereocenters. The molecule has 2 aliphatic carbocycles. The molecular weight excluding hydrogens is 677 g/mol. The van der Waals surface area contributed by atoms with Crippen molar-refractivity contribution < 1.29 is 27.5 Å². The Labute approximate surface area is 307 Å². The fraction of sp³-hybridized carbons (Fsp3) is 0.463. The van der Waals surface area contributed by atoms with Crippen LogP contribution in [0, 0.1) is 18.3 Å². The first kappa shape index (κ1) is 37.3. The average molecular weight is 727 g/mol. The van der Waals surface area contributed by atoms with Crippen molar-refractivity contribution in [3.8, 4) is 5.88 Å². The maximum atomic E-state index is 14.7. The van der Waals surface area contributed by atoms with E-state index in [1.165, 1.54) is 0 Å². The van der Waals surface area contributed by atoms with Crippen molar-refractivity contribution in [2.75, 3.05) is 11.9 Å². The zero-order valence-electron chi connectivity index (χ0n) is 30.2. The molecule has 2 N–H and O–H groups in total. The second kappa shape index (κ2) is 15.2. The van der Waals surface area contributed by atoms with Crippen LogP contribution in [0.5, 0.6) is 5.88 Å². The number of Topliss-reactive ketones (excluding diaryl/α,β-unsaturated/α-hetero) is 1. The molecule has 2 amide bonds. The number of nitrogens with zero attached hydrogens (tertiary/aromatic N) is 2. The third-order valence-electron chi connectivity index (χ3n) is 11.1. The number of allylic oxidation sites excluding steroid dienone is 2. The van der Waals surface area contributed by atoms with Crippen LogP contribution in [-0.2, 0) is 24.4 Å². The molecular formula is C41H50N4O6S. The van der Waals surface area contributed by atoms with Gasteiger partial charge in [0.2, 0.25) is 27.7 Å². The van der Waals surface area contributed by atoms with Gasteiger partial charge in [0, 0.05) is 30.1 Å². The SMILES string of the molecule is C=CCCCCC[C@H](Nc1cccc(C)c1)C(=O)N1C[C@H](Oc2nccc3ccccc23)C[C@H]1C(=O)C[C@]1(C(=O)NS(=O)(=O)C2(C)CC2)C[C@H]1C=C. The van der Waals surface area contributed by atoms with Crippen LogP contribution in [0.3, 0.4) is 0 Å². The van der Waals surface area contributed by atoms with Crippen molar-refractivity contribution in [3.05, 3.63) is 91.7 Å². The van der Waals surface area contributed by atoms with Crippen LogP contribution in [0.1, 0.15) is 76.7 Å².